The summed E-state index contributed by atoms with van der Waals surface area (Å²) in [5, 5.41) is 15.8. The summed E-state index contributed by atoms with van der Waals surface area (Å²) in [7, 11) is 2.03. The molecule has 0 unspecified atom stereocenters. The first-order valence-corrected chi connectivity index (χ1v) is 14.5. The Morgan fingerprint density at radius 1 is 1.06 bits per heavy atom. The zero-order valence-electron chi connectivity index (χ0n) is 22.3. The maximum atomic E-state index is 13.1. The summed E-state index contributed by atoms with van der Waals surface area (Å²) in [6.45, 7) is 5.77. The SMILES string of the molecule is CN(C(=O)[C@H]1CCCN1)[C@H]1CC[C@@]2(C)[C@H](CC[C@@H]3[C@@H]2CC[C@]2(C)[C@@H](c4ccc(=O)oc4)CC[C@]32O)C1. The fourth-order valence-electron chi connectivity index (χ4n) is 9.98. The number of hydrogen-bond acceptors (Lipinski definition) is 5. The minimum atomic E-state index is -0.664. The zero-order chi connectivity index (χ0) is 25.3. The highest BCUT2D eigenvalue weighted by Crippen LogP contribution is 2.70. The van der Waals surface area contributed by atoms with Crippen LogP contribution in [0.5, 0.6) is 0 Å². The van der Waals surface area contributed by atoms with Gasteiger partial charge < -0.3 is 19.7 Å². The molecular formula is C30H44N2O4. The van der Waals surface area contributed by atoms with Gasteiger partial charge in [-0.15, -0.1) is 0 Å². The van der Waals surface area contributed by atoms with E-state index in [0.717, 1.165) is 82.7 Å². The second kappa shape index (κ2) is 8.69. The number of nitrogens with zero attached hydrogens (tertiary/aromatic N) is 1. The highest BCUT2D eigenvalue weighted by atomic mass is 16.4. The van der Waals surface area contributed by atoms with Crippen LogP contribution in [0.2, 0.25) is 0 Å². The van der Waals surface area contributed by atoms with Crippen LogP contribution < -0.4 is 10.9 Å². The van der Waals surface area contributed by atoms with Gasteiger partial charge in [-0.2, -0.15) is 0 Å². The summed E-state index contributed by atoms with van der Waals surface area (Å²) in [4.78, 5) is 26.7. The molecule has 6 rings (SSSR count). The first-order chi connectivity index (χ1) is 17.2. The van der Waals surface area contributed by atoms with Crippen molar-refractivity contribution in [2.45, 2.75) is 108 Å². The first-order valence-electron chi connectivity index (χ1n) is 14.5. The standard InChI is InChI=1S/C30H44N2O4/c1-28-13-10-21(32(3)27(34)25-5-4-16-31-25)17-20(28)7-8-24-23(28)11-14-29(2)22(12-15-30(24,29)35)19-6-9-26(33)36-18-19/h6,9,18,20-25,31,35H,4-5,7-8,10-17H2,1-3H3/t20-,21+,22-,23+,24-,25-,28+,29-,30+/m1/s1. The van der Waals surface area contributed by atoms with E-state index in [9.17, 15) is 14.7 Å². The van der Waals surface area contributed by atoms with E-state index in [4.69, 9.17) is 4.42 Å². The predicted octanol–water partition coefficient (Wildman–Crippen LogP) is 4.46. The molecule has 0 aromatic carbocycles. The third-order valence-corrected chi connectivity index (χ3v) is 12.2. The summed E-state index contributed by atoms with van der Waals surface area (Å²) in [6, 6.07) is 3.79. The van der Waals surface area contributed by atoms with E-state index in [2.05, 4.69) is 24.1 Å². The number of carbonyl (C=O) groups is 1. The first kappa shape index (κ1) is 24.7. The molecule has 5 aliphatic rings. The molecule has 2 N–H and O–H groups in total. The average Bonchev–Trinajstić information content (AvgIpc) is 3.50. The molecule has 6 nitrogen and oxygen atoms in total. The van der Waals surface area contributed by atoms with Crippen LogP contribution in [-0.2, 0) is 4.79 Å². The highest BCUT2D eigenvalue weighted by Gasteiger charge is 2.67. The maximum absolute atomic E-state index is 13.1. The van der Waals surface area contributed by atoms with Crippen molar-refractivity contribution in [2.75, 3.05) is 13.6 Å². The van der Waals surface area contributed by atoms with Gasteiger partial charge in [0.25, 0.3) is 0 Å². The van der Waals surface area contributed by atoms with E-state index in [1.165, 1.54) is 6.07 Å². The van der Waals surface area contributed by atoms with Crippen molar-refractivity contribution >= 4 is 5.91 Å². The van der Waals surface area contributed by atoms with Crippen molar-refractivity contribution < 1.29 is 14.3 Å². The second-order valence-corrected chi connectivity index (χ2v) is 13.4. The lowest BCUT2D eigenvalue weighted by Crippen LogP contribution is -2.62. The van der Waals surface area contributed by atoms with Crippen molar-refractivity contribution in [3.8, 4) is 0 Å². The molecule has 5 fully saturated rings. The Morgan fingerprint density at radius 2 is 1.89 bits per heavy atom. The van der Waals surface area contributed by atoms with Gasteiger partial charge in [0.15, 0.2) is 0 Å². The van der Waals surface area contributed by atoms with Crippen molar-refractivity contribution in [3.05, 3.63) is 34.4 Å². The molecule has 198 valence electrons. The molecular weight excluding hydrogens is 452 g/mol. The Hall–Kier alpha value is -1.66. The van der Waals surface area contributed by atoms with E-state index in [1.54, 1.807) is 6.26 Å². The molecule has 2 heterocycles. The number of amides is 1. The van der Waals surface area contributed by atoms with Crippen molar-refractivity contribution in [3.63, 3.8) is 0 Å². The van der Waals surface area contributed by atoms with E-state index < -0.39 is 5.60 Å². The maximum Gasteiger partial charge on any atom is 0.335 e. The van der Waals surface area contributed by atoms with E-state index in [0.29, 0.717) is 23.8 Å². The molecule has 1 aliphatic heterocycles. The average molecular weight is 497 g/mol. The number of fused-ring (bicyclic) bond motifs is 5. The molecule has 0 bridgehead atoms. The number of aliphatic hydroxyl groups is 1. The van der Waals surface area contributed by atoms with E-state index in [1.807, 2.05) is 13.1 Å². The Balaban J connectivity index is 1.20. The van der Waals surface area contributed by atoms with Crippen LogP contribution in [0.1, 0.15) is 96.0 Å². The minimum absolute atomic E-state index is 0.0114. The lowest BCUT2D eigenvalue weighted by atomic mass is 9.43. The third-order valence-electron chi connectivity index (χ3n) is 12.2. The molecule has 0 spiro atoms. The Labute approximate surface area is 215 Å². The largest absolute Gasteiger partial charge is 0.431 e. The van der Waals surface area contributed by atoms with Crippen LogP contribution in [0.15, 0.2) is 27.6 Å². The van der Waals surface area contributed by atoms with Gasteiger partial charge in [0.05, 0.1) is 17.9 Å². The van der Waals surface area contributed by atoms with Gasteiger partial charge in [-0.3, -0.25) is 4.79 Å². The van der Waals surface area contributed by atoms with Crippen molar-refractivity contribution in [2.24, 2.45) is 28.6 Å². The van der Waals surface area contributed by atoms with Crippen LogP contribution in [0, 0.1) is 28.6 Å². The molecule has 36 heavy (non-hydrogen) atoms. The molecule has 0 radical (unpaired) electrons. The number of likely N-dealkylation sites (N-methyl/N-ethyl adjacent to an activating group) is 1. The summed E-state index contributed by atoms with van der Waals surface area (Å²) in [5.74, 6) is 2.01. The summed E-state index contributed by atoms with van der Waals surface area (Å²) >= 11 is 0. The zero-order valence-corrected chi connectivity index (χ0v) is 22.3. The van der Waals surface area contributed by atoms with Gasteiger partial charge in [-0.1, -0.05) is 13.8 Å². The van der Waals surface area contributed by atoms with Gasteiger partial charge in [0, 0.05) is 24.6 Å². The van der Waals surface area contributed by atoms with Crippen LogP contribution >= 0.6 is 0 Å². The van der Waals surface area contributed by atoms with Crippen molar-refractivity contribution in [1.29, 1.82) is 0 Å². The highest BCUT2D eigenvalue weighted by molar-refractivity contribution is 5.82. The molecule has 1 aromatic heterocycles. The summed E-state index contributed by atoms with van der Waals surface area (Å²) in [6.07, 6.45) is 13.2. The molecule has 1 saturated heterocycles. The molecule has 9 atom stereocenters. The lowest BCUT2D eigenvalue weighted by Gasteiger charge is -2.64. The molecule has 1 aromatic rings. The summed E-state index contributed by atoms with van der Waals surface area (Å²) in [5.41, 5.74) is 0.146. The topological polar surface area (TPSA) is 82.8 Å². The van der Waals surface area contributed by atoms with E-state index in [-0.39, 0.29) is 34.3 Å². The summed E-state index contributed by atoms with van der Waals surface area (Å²) < 4.78 is 5.23. The fourth-order valence-corrected chi connectivity index (χ4v) is 9.98. The van der Waals surface area contributed by atoms with Gasteiger partial charge in [-0.25, -0.2) is 4.79 Å². The molecule has 4 aliphatic carbocycles. The van der Waals surface area contributed by atoms with E-state index >= 15 is 0 Å². The monoisotopic (exact) mass is 496 g/mol. The van der Waals surface area contributed by atoms with Crippen LogP contribution in [0.3, 0.4) is 0 Å². The smallest absolute Gasteiger partial charge is 0.335 e. The fraction of sp³-hybridized carbons (Fsp3) is 0.800. The Morgan fingerprint density at radius 3 is 2.61 bits per heavy atom. The predicted molar refractivity (Wildman–Crippen MR) is 138 cm³/mol. The van der Waals surface area contributed by atoms with Crippen LogP contribution in [0.4, 0.5) is 0 Å². The number of nitrogens with one attached hydrogen (secondary N) is 1. The lowest BCUT2D eigenvalue weighted by molar-refractivity contribution is -0.203. The Bertz CT molecular complexity index is 1040. The number of carbonyl (C=O) groups excluding carboxylic acids is 1. The normalized spacial score (nSPS) is 46.0. The third kappa shape index (κ3) is 3.49. The molecule has 4 saturated carbocycles. The van der Waals surface area contributed by atoms with Gasteiger partial charge in [-0.05, 0) is 118 Å². The van der Waals surface area contributed by atoms with Crippen molar-refractivity contribution in [1.82, 2.24) is 10.2 Å². The van der Waals surface area contributed by atoms with Crippen LogP contribution in [0.25, 0.3) is 0 Å². The Kier molecular flexibility index (Phi) is 5.95. The number of rotatable bonds is 3. The molecule has 6 heteroatoms. The van der Waals surface area contributed by atoms with Gasteiger partial charge in [0.2, 0.25) is 5.91 Å². The molecule has 1 amide bonds. The van der Waals surface area contributed by atoms with Gasteiger partial charge >= 0.3 is 5.63 Å². The van der Waals surface area contributed by atoms with Gasteiger partial charge in [0.1, 0.15) is 0 Å². The quantitative estimate of drug-likeness (QED) is 0.646. The second-order valence-electron chi connectivity index (χ2n) is 13.4. The van der Waals surface area contributed by atoms with Crippen LogP contribution in [-0.4, -0.2) is 47.2 Å². The minimum Gasteiger partial charge on any atom is -0.431 e. The number of hydrogen-bond donors (Lipinski definition) is 2.